The third kappa shape index (κ3) is 4.71. The smallest absolute Gasteiger partial charge is 0.262 e. The normalized spacial score (nSPS) is 11.8. The molecule has 28 heavy (non-hydrogen) atoms. The first kappa shape index (κ1) is 19.9. The van der Waals surface area contributed by atoms with Crippen molar-refractivity contribution in [2.75, 3.05) is 11.0 Å². The fourth-order valence-corrected chi connectivity index (χ4v) is 4.14. The lowest BCUT2D eigenvalue weighted by molar-refractivity contribution is 0.484. The number of aryl methyl sites for hydroxylation is 1. The zero-order chi connectivity index (χ0) is 20.4. The molecule has 0 spiro atoms. The Morgan fingerprint density at radius 2 is 1.32 bits per heavy atom. The van der Waals surface area contributed by atoms with Crippen molar-refractivity contribution in [1.82, 2.24) is 0 Å². The monoisotopic (exact) mass is 417 g/mol. The second-order valence-corrected chi connectivity index (χ2v) is 9.96. The highest BCUT2D eigenvalue weighted by Crippen LogP contribution is 2.31. The third-order valence-corrected chi connectivity index (χ3v) is 6.45. The van der Waals surface area contributed by atoms with Gasteiger partial charge in [-0.25, -0.2) is 16.8 Å². The van der Waals surface area contributed by atoms with Gasteiger partial charge >= 0.3 is 0 Å². The van der Waals surface area contributed by atoms with Gasteiger partial charge in [0.1, 0.15) is 5.75 Å². The lowest BCUT2D eigenvalue weighted by Gasteiger charge is -2.14. The maximum absolute atomic E-state index is 12.7. The summed E-state index contributed by atoms with van der Waals surface area (Å²) in [7, 11) is -7.33. The van der Waals surface area contributed by atoms with Crippen LogP contribution < -0.4 is 9.46 Å². The van der Waals surface area contributed by atoms with Gasteiger partial charge in [0.05, 0.1) is 15.5 Å². The molecule has 0 bridgehead atoms. The van der Waals surface area contributed by atoms with Crippen LogP contribution >= 0.6 is 0 Å². The molecule has 0 aliphatic rings. The van der Waals surface area contributed by atoms with Crippen LogP contribution in [0.4, 0.5) is 5.69 Å². The first-order chi connectivity index (χ1) is 13.1. The summed E-state index contributed by atoms with van der Waals surface area (Å²) in [6.45, 7) is 1.96. The fraction of sp³-hybridized carbons (Fsp3) is 0.100. The highest BCUT2D eigenvalue weighted by Gasteiger charge is 2.18. The Labute approximate surface area is 164 Å². The number of rotatable bonds is 6. The van der Waals surface area contributed by atoms with Gasteiger partial charge in [-0.05, 0) is 55.5 Å². The van der Waals surface area contributed by atoms with E-state index in [1.165, 1.54) is 24.3 Å². The molecular formula is C20H19NO5S2. The average Bonchev–Trinajstić information content (AvgIpc) is 2.64. The molecular weight excluding hydrogens is 398 g/mol. The SMILES string of the molecule is Cc1ccc(Oc2ccccc2NS(=O)(=O)c2ccc(S(C)(=O)=O)cc2)cc1. The second-order valence-electron chi connectivity index (χ2n) is 6.26. The van der Waals surface area contributed by atoms with Crippen LogP contribution in [0, 0.1) is 6.92 Å². The number of sulfonamides is 1. The molecule has 0 aliphatic carbocycles. The molecule has 8 heteroatoms. The summed E-state index contributed by atoms with van der Waals surface area (Å²) < 4.78 is 56.8. The van der Waals surface area contributed by atoms with Crippen molar-refractivity contribution in [1.29, 1.82) is 0 Å². The number of ether oxygens (including phenoxy) is 1. The van der Waals surface area contributed by atoms with Crippen LogP contribution in [0.1, 0.15) is 5.56 Å². The van der Waals surface area contributed by atoms with E-state index in [-0.39, 0.29) is 15.5 Å². The number of hydrogen-bond donors (Lipinski definition) is 1. The predicted octanol–water partition coefficient (Wildman–Crippen LogP) is 3.99. The summed E-state index contributed by atoms with van der Waals surface area (Å²) in [6.07, 6.45) is 1.06. The Kier molecular flexibility index (Phi) is 5.44. The van der Waals surface area contributed by atoms with Gasteiger partial charge in [-0.3, -0.25) is 4.72 Å². The summed E-state index contributed by atoms with van der Waals surface area (Å²) in [5.41, 5.74) is 1.36. The van der Waals surface area contributed by atoms with Crippen molar-refractivity contribution < 1.29 is 21.6 Å². The predicted molar refractivity (Wildman–Crippen MR) is 108 cm³/mol. The minimum absolute atomic E-state index is 0.0505. The number of anilines is 1. The molecule has 0 fully saturated rings. The molecule has 3 aromatic carbocycles. The maximum atomic E-state index is 12.7. The topological polar surface area (TPSA) is 89.5 Å². The number of benzene rings is 3. The standard InChI is InChI=1S/C20H19NO5S2/c1-15-7-9-16(10-8-15)26-20-6-4-3-5-19(20)21-28(24,25)18-13-11-17(12-14-18)27(2,22)23/h3-14,21H,1-2H3. The van der Waals surface area contributed by atoms with Crippen molar-refractivity contribution in [2.45, 2.75) is 16.7 Å². The molecule has 0 unspecified atom stereocenters. The third-order valence-electron chi connectivity index (χ3n) is 3.94. The Bertz CT molecular complexity index is 1180. The highest BCUT2D eigenvalue weighted by atomic mass is 32.2. The van der Waals surface area contributed by atoms with Crippen LogP contribution in [0.25, 0.3) is 0 Å². The van der Waals surface area contributed by atoms with Gasteiger partial charge in [0.15, 0.2) is 15.6 Å². The van der Waals surface area contributed by atoms with Crippen molar-refractivity contribution >= 4 is 25.5 Å². The molecule has 3 rings (SSSR count). The molecule has 0 aromatic heterocycles. The molecule has 0 saturated heterocycles. The van der Waals surface area contributed by atoms with Gasteiger partial charge in [-0.1, -0.05) is 29.8 Å². The minimum atomic E-state index is -3.92. The molecule has 146 valence electrons. The molecule has 0 atom stereocenters. The van der Waals surface area contributed by atoms with E-state index < -0.39 is 19.9 Å². The number of sulfone groups is 1. The van der Waals surface area contributed by atoms with E-state index in [1.807, 2.05) is 19.1 Å². The van der Waals surface area contributed by atoms with Crippen LogP contribution in [0.5, 0.6) is 11.5 Å². The van der Waals surface area contributed by atoms with Crippen LogP contribution in [-0.2, 0) is 19.9 Å². The fourth-order valence-electron chi connectivity index (χ4n) is 2.44. The summed E-state index contributed by atoms with van der Waals surface area (Å²) in [4.78, 5) is -0.000376. The quantitative estimate of drug-likeness (QED) is 0.655. The van der Waals surface area contributed by atoms with E-state index in [1.54, 1.807) is 36.4 Å². The molecule has 0 amide bonds. The van der Waals surface area contributed by atoms with Crippen molar-refractivity contribution in [3.8, 4) is 11.5 Å². The highest BCUT2D eigenvalue weighted by molar-refractivity contribution is 7.92. The minimum Gasteiger partial charge on any atom is -0.455 e. The molecule has 0 heterocycles. The molecule has 0 aliphatic heterocycles. The summed E-state index contributed by atoms with van der Waals surface area (Å²) in [5.74, 6) is 0.928. The van der Waals surface area contributed by atoms with Gasteiger partial charge in [0.2, 0.25) is 0 Å². The van der Waals surface area contributed by atoms with Gasteiger partial charge < -0.3 is 4.74 Å². The largest absolute Gasteiger partial charge is 0.455 e. The lowest BCUT2D eigenvalue weighted by Crippen LogP contribution is -2.13. The number of nitrogens with one attached hydrogen (secondary N) is 1. The Hall–Kier alpha value is -2.84. The molecule has 6 nitrogen and oxygen atoms in total. The molecule has 3 aromatic rings. The van der Waals surface area contributed by atoms with E-state index in [9.17, 15) is 16.8 Å². The lowest BCUT2D eigenvalue weighted by atomic mass is 10.2. The average molecular weight is 418 g/mol. The van der Waals surface area contributed by atoms with Crippen molar-refractivity contribution in [2.24, 2.45) is 0 Å². The van der Waals surface area contributed by atoms with E-state index in [0.29, 0.717) is 11.5 Å². The van der Waals surface area contributed by atoms with Crippen molar-refractivity contribution in [3.63, 3.8) is 0 Å². The van der Waals surface area contributed by atoms with E-state index >= 15 is 0 Å². The Morgan fingerprint density at radius 3 is 1.93 bits per heavy atom. The first-order valence-electron chi connectivity index (χ1n) is 8.32. The summed E-state index contributed by atoms with van der Waals surface area (Å²) in [6, 6.07) is 19.1. The first-order valence-corrected chi connectivity index (χ1v) is 11.7. The molecule has 1 N–H and O–H groups in total. The number of para-hydroxylation sites is 2. The van der Waals surface area contributed by atoms with E-state index in [0.717, 1.165) is 11.8 Å². The van der Waals surface area contributed by atoms with Crippen LogP contribution in [0.15, 0.2) is 82.6 Å². The number of hydrogen-bond acceptors (Lipinski definition) is 5. The van der Waals surface area contributed by atoms with Crippen molar-refractivity contribution in [3.05, 3.63) is 78.4 Å². The molecule has 0 radical (unpaired) electrons. The van der Waals surface area contributed by atoms with Crippen LogP contribution in [-0.4, -0.2) is 23.1 Å². The van der Waals surface area contributed by atoms with Gasteiger partial charge in [0.25, 0.3) is 10.0 Å². The van der Waals surface area contributed by atoms with Crippen LogP contribution in [0.2, 0.25) is 0 Å². The van der Waals surface area contributed by atoms with Gasteiger partial charge in [0, 0.05) is 6.26 Å². The van der Waals surface area contributed by atoms with Gasteiger partial charge in [-0.15, -0.1) is 0 Å². The molecule has 0 saturated carbocycles. The second kappa shape index (κ2) is 7.65. The van der Waals surface area contributed by atoms with Crippen LogP contribution in [0.3, 0.4) is 0 Å². The van der Waals surface area contributed by atoms with Gasteiger partial charge in [-0.2, -0.15) is 0 Å². The zero-order valence-electron chi connectivity index (χ0n) is 15.3. The van der Waals surface area contributed by atoms with E-state index in [2.05, 4.69) is 4.72 Å². The maximum Gasteiger partial charge on any atom is 0.262 e. The Balaban J connectivity index is 1.87. The Morgan fingerprint density at radius 1 is 0.750 bits per heavy atom. The zero-order valence-corrected chi connectivity index (χ0v) is 16.9. The summed E-state index contributed by atoms with van der Waals surface area (Å²) in [5, 5.41) is 0. The summed E-state index contributed by atoms with van der Waals surface area (Å²) >= 11 is 0. The van der Waals surface area contributed by atoms with E-state index in [4.69, 9.17) is 4.74 Å².